The second-order valence-corrected chi connectivity index (χ2v) is 7.71. The van der Waals surface area contributed by atoms with Gasteiger partial charge in [-0.3, -0.25) is 4.79 Å². The number of aromatic nitrogens is 4. The Morgan fingerprint density at radius 1 is 1.14 bits per heavy atom. The van der Waals surface area contributed by atoms with E-state index in [9.17, 15) is 4.79 Å². The first-order chi connectivity index (χ1) is 14.2. The van der Waals surface area contributed by atoms with Crippen molar-refractivity contribution in [2.75, 3.05) is 5.32 Å². The van der Waals surface area contributed by atoms with E-state index in [0.29, 0.717) is 24.3 Å². The molecule has 1 aliphatic carbocycles. The second kappa shape index (κ2) is 7.31. The quantitative estimate of drug-likeness (QED) is 0.735. The van der Waals surface area contributed by atoms with E-state index in [1.165, 1.54) is 12.8 Å². The molecule has 1 amide bonds. The highest BCUT2D eigenvalue weighted by Gasteiger charge is 2.33. The predicted molar refractivity (Wildman–Crippen MR) is 108 cm³/mol. The number of benzene rings is 1. The number of aryl methyl sites for hydroxylation is 1. The summed E-state index contributed by atoms with van der Waals surface area (Å²) in [6.45, 7) is 1.96. The number of nitrogens with one attached hydrogen (secondary N) is 1. The van der Waals surface area contributed by atoms with Gasteiger partial charge in [-0.25, -0.2) is 9.97 Å². The van der Waals surface area contributed by atoms with Crippen molar-refractivity contribution in [3.05, 3.63) is 59.5 Å². The molecule has 1 aliphatic heterocycles. The van der Waals surface area contributed by atoms with Crippen molar-refractivity contribution in [1.82, 2.24) is 19.7 Å². The van der Waals surface area contributed by atoms with Crippen LogP contribution in [-0.4, -0.2) is 31.8 Å². The monoisotopic (exact) mass is 389 g/mol. The average molecular weight is 389 g/mol. The number of hydrogen-bond acceptors (Lipinski definition) is 5. The van der Waals surface area contributed by atoms with Crippen LogP contribution in [0.1, 0.15) is 54.8 Å². The van der Waals surface area contributed by atoms with E-state index in [2.05, 4.69) is 32.5 Å². The summed E-state index contributed by atoms with van der Waals surface area (Å²) in [7, 11) is 0. The van der Waals surface area contributed by atoms with Gasteiger partial charge in [0.1, 0.15) is 11.6 Å². The van der Waals surface area contributed by atoms with Gasteiger partial charge >= 0.3 is 0 Å². The van der Waals surface area contributed by atoms with Gasteiger partial charge in [-0.1, -0.05) is 12.1 Å². The van der Waals surface area contributed by atoms with E-state index < -0.39 is 0 Å². The van der Waals surface area contributed by atoms with Crippen LogP contribution in [0.4, 0.5) is 5.82 Å². The lowest BCUT2D eigenvalue weighted by molar-refractivity contribution is -0.116. The molecule has 0 unspecified atom stereocenters. The molecule has 7 heteroatoms. The normalized spacial score (nSPS) is 19.1. The van der Waals surface area contributed by atoms with Crippen LogP contribution in [0.15, 0.2) is 42.7 Å². The molecule has 1 aromatic carbocycles. The molecule has 148 valence electrons. The number of fused-ring (bicyclic) bond motifs is 1. The zero-order valence-electron chi connectivity index (χ0n) is 16.3. The smallest absolute Gasteiger partial charge is 0.252 e. The largest absolute Gasteiger partial charge is 0.490 e. The minimum absolute atomic E-state index is 0.0401. The fourth-order valence-corrected chi connectivity index (χ4v) is 4.38. The molecule has 0 spiro atoms. The predicted octanol–water partition coefficient (Wildman–Crippen LogP) is 3.77. The second-order valence-electron chi connectivity index (χ2n) is 7.71. The van der Waals surface area contributed by atoms with E-state index in [1.54, 1.807) is 23.1 Å². The van der Waals surface area contributed by atoms with Crippen LogP contribution in [0, 0.1) is 6.92 Å². The van der Waals surface area contributed by atoms with Gasteiger partial charge in [-0.05, 0) is 56.4 Å². The number of hydrogen-bond donors (Lipinski definition) is 1. The number of ether oxygens (including phenoxy) is 1. The average Bonchev–Trinajstić information content (AvgIpc) is 3.36. The van der Waals surface area contributed by atoms with Gasteiger partial charge in [-0.2, -0.15) is 9.78 Å². The summed E-state index contributed by atoms with van der Waals surface area (Å²) in [6.07, 6.45) is 8.70. The summed E-state index contributed by atoms with van der Waals surface area (Å²) in [5.74, 6) is 1.84. The van der Waals surface area contributed by atoms with Crippen LogP contribution in [-0.2, 0) is 4.79 Å². The molecular weight excluding hydrogens is 366 g/mol. The molecule has 2 aromatic heterocycles. The summed E-state index contributed by atoms with van der Waals surface area (Å²) in [4.78, 5) is 21.1. The first kappa shape index (κ1) is 17.8. The maximum Gasteiger partial charge on any atom is 0.252 e. The highest BCUT2D eigenvalue weighted by molar-refractivity contribution is 5.95. The van der Waals surface area contributed by atoms with Crippen molar-refractivity contribution in [1.29, 1.82) is 0 Å². The molecule has 2 aliphatic rings. The molecule has 7 nitrogen and oxygen atoms in total. The Hall–Kier alpha value is -3.22. The van der Waals surface area contributed by atoms with Crippen molar-refractivity contribution < 1.29 is 9.53 Å². The topological polar surface area (TPSA) is 81.9 Å². The number of carbonyl (C=O) groups is 1. The maximum atomic E-state index is 12.5. The first-order valence-electron chi connectivity index (χ1n) is 10.1. The van der Waals surface area contributed by atoms with Crippen molar-refractivity contribution in [2.45, 2.75) is 51.0 Å². The number of anilines is 1. The Morgan fingerprint density at radius 2 is 1.93 bits per heavy atom. The minimum Gasteiger partial charge on any atom is -0.490 e. The third kappa shape index (κ3) is 3.37. The lowest BCUT2D eigenvalue weighted by atomic mass is 9.86. The highest BCUT2D eigenvalue weighted by Crippen LogP contribution is 2.40. The molecule has 1 fully saturated rings. The standard InChI is InChI=1S/C22H23N5O2/c1-14-20-18(15-6-4-9-17(12-15)29-16-7-2-3-8-16)13-19(28)25-21(20)27(26-14)22-23-10-5-11-24-22/h4-6,9-12,16,18H,2-3,7-8,13H2,1H3,(H,25,28)/t18-/m0/s1. The van der Waals surface area contributed by atoms with Crippen molar-refractivity contribution in [2.24, 2.45) is 0 Å². The van der Waals surface area contributed by atoms with Crippen molar-refractivity contribution in [3.63, 3.8) is 0 Å². The van der Waals surface area contributed by atoms with Gasteiger partial charge in [0.2, 0.25) is 5.91 Å². The number of nitrogens with zero attached hydrogens (tertiary/aromatic N) is 4. The Balaban J connectivity index is 1.53. The molecule has 1 N–H and O–H groups in total. The SMILES string of the molecule is Cc1nn(-c2ncccn2)c2c1[C@H](c1cccc(OC3CCCC3)c1)CC(=O)N2. The summed E-state index contributed by atoms with van der Waals surface area (Å²) in [5, 5.41) is 7.60. The molecule has 5 rings (SSSR count). The third-order valence-corrected chi connectivity index (χ3v) is 5.71. The van der Waals surface area contributed by atoms with Gasteiger partial charge in [-0.15, -0.1) is 0 Å². The molecule has 0 radical (unpaired) electrons. The van der Waals surface area contributed by atoms with E-state index in [-0.39, 0.29) is 11.8 Å². The lowest BCUT2D eigenvalue weighted by Gasteiger charge is -2.24. The van der Waals surface area contributed by atoms with E-state index >= 15 is 0 Å². The van der Waals surface area contributed by atoms with Crippen LogP contribution in [0.5, 0.6) is 5.75 Å². The van der Waals surface area contributed by atoms with Gasteiger partial charge in [0.15, 0.2) is 0 Å². The van der Waals surface area contributed by atoms with Crippen molar-refractivity contribution in [3.8, 4) is 11.7 Å². The Labute approximate surface area is 169 Å². The number of carbonyl (C=O) groups excluding carboxylic acids is 1. The van der Waals surface area contributed by atoms with Gasteiger partial charge in [0.05, 0.1) is 11.8 Å². The van der Waals surface area contributed by atoms with Crippen LogP contribution in [0.25, 0.3) is 5.95 Å². The molecule has 3 aromatic rings. The van der Waals surface area contributed by atoms with E-state index in [0.717, 1.165) is 35.4 Å². The number of amides is 1. The minimum atomic E-state index is -0.0802. The molecule has 1 atom stereocenters. The fourth-order valence-electron chi connectivity index (χ4n) is 4.38. The van der Waals surface area contributed by atoms with Crippen molar-refractivity contribution >= 4 is 11.7 Å². The molecule has 3 heterocycles. The Kier molecular flexibility index (Phi) is 4.50. The van der Waals surface area contributed by atoms with Crippen LogP contribution in [0.2, 0.25) is 0 Å². The lowest BCUT2D eigenvalue weighted by Crippen LogP contribution is -2.25. The summed E-state index contributed by atoms with van der Waals surface area (Å²) >= 11 is 0. The van der Waals surface area contributed by atoms with E-state index in [1.807, 2.05) is 19.1 Å². The van der Waals surface area contributed by atoms with Crippen LogP contribution in [0.3, 0.4) is 0 Å². The Bertz CT molecular complexity index is 1040. The van der Waals surface area contributed by atoms with Gasteiger partial charge in [0, 0.05) is 30.3 Å². The summed E-state index contributed by atoms with van der Waals surface area (Å²) in [6, 6.07) is 9.89. The van der Waals surface area contributed by atoms with Crippen LogP contribution >= 0.6 is 0 Å². The zero-order valence-corrected chi connectivity index (χ0v) is 16.3. The van der Waals surface area contributed by atoms with Gasteiger partial charge < -0.3 is 10.1 Å². The first-order valence-corrected chi connectivity index (χ1v) is 10.1. The molecule has 0 bridgehead atoms. The zero-order chi connectivity index (χ0) is 19.8. The maximum absolute atomic E-state index is 12.5. The van der Waals surface area contributed by atoms with Gasteiger partial charge in [0.25, 0.3) is 5.95 Å². The molecular formula is C22H23N5O2. The summed E-state index contributed by atoms with van der Waals surface area (Å²) in [5.41, 5.74) is 2.93. The number of rotatable bonds is 4. The van der Waals surface area contributed by atoms with Crippen LogP contribution < -0.4 is 10.1 Å². The highest BCUT2D eigenvalue weighted by atomic mass is 16.5. The molecule has 29 heavy (non-hydrogen) atoms. The Morgan fingerprint density at radius 3 is 2.72 bits per heavy atom. The fraction of sp³-hybridized carbons (Fsp3) is 0.364. The molecule has 0 saturated heterocycles. The third-order valence-electron chi connectivity index (χ3n) is 5.71. The molecule has 1 saturated carbocycles. The van der Waals surface area contributed by atoms with E-state index in [4.69, 9.17) is 4.74 Å². The summed E-state index contributed by atoms with van der Waals surface area (Å²) < 4.78 is 7.80.